The van der Waals surface area contributed by atoms with E-state index >= 15 is 0 Å². The van der Waals surface area contributed by atoms with Crippen LogP contribution in [-0.4, -0.2) is 36.2 Å². The third-order valence-corrected chi connectivity index (χ3v) is 4.12. The number of carbonyl (C=O) groups excluding carboxylic acids is 1. The van der Waals surface area contributed by atoms with Gasteiger partial charge in [-0.05, 0) is 38.5 Å². The second kappa shape index (κ2) is 6.39. The van der Waals surface area contributed by atoms with E-state index < -0.39 is 17.8 Å². The minimum absolute atomic E-state index is 0.0255. The summed E-state index contributed by atoms with van der Waals surface area (Å²) in [6.07, 6.45) is 5.68. The molecule has 0 saturated heterocycles. The van der Waals surface area contributed by atoms with Crippen LogP contribution in [0.25, 0.3) is 0 Å². The van der Waals surface area contributed by atoms with E-state index in [2.05, 4.69) is 5.32 Å². The molecule has 1 saturated carbocycles. The molecule has 0 aromatic rings. The number of hydrogen-bond acceptors (Lipinski definition) is 3. The fourth-order valence-electron chi connectivity index (χ4n) is 3.24. The molecule has 0 radical (unpaired) electrons. The summed E-state index contributed by atoms with van der Waals surface area (Å²) in [5.41, 5.74) is 0. The van der Waals surface area contributed by atoms with Gasteiger partial charge in [-0.3, -0.25) is 9.59 Å². The van der Waals surface area contributed by atoms with Crippen molar-refractivity contribution in [2.24, 2.45) is 23.7 Å². The third kappa shape index (κ3) is 3.20. The van der Waals surface area contributed by atoms with E-state index in [9.17, 15) is 14.7 Å². The molecule has 2 aliphatic carbocycles. The molecule has 2 bridgehead atoms. The van der Waals surface area contributed by atoms with Crippen LogP contribution in [-0.2, 0) is 14.3 Å². The summed E-state index contributed by atoms with van der Waals surface area (Å²) in [4.78, 5) is 23.5. The Morgan fingerprint density at radius 2 is 1.95 bits per heavy atom. The number of rotatable bonds is 7. The van der Waals surface area contributed by atoms with Gasteiger partial charge in [0.1, 0.15) is 0 Å². The maximum absolute atomic E-state index is 12.2. The summed E-state index contributed by atoms with van der Waals surface area (Å²) in [6.45, 7) is 5.09. The van der Waals surface area contributed by atoms with Crippen LogP contribution in [0.1, 0.15) is 26.7 Å². The number of carboxylic acids is 1. The van der Waals surface area contributed by atoms with Crippen molar-refractivity contribution in [2.75, 3.05) is 13.2 Å². The zero-order chi connectivity index (χ0) is 14.7. The normalized spacial score (nSPS) is 30.9. The van der Waals surface area contributed by atoms with Crippen LogP contribution in [0, 0.1) is 23.7 Å². The Bertz CT molecular complexity index is 405. The molecular weight excluding hydrogens is 258 g/mol. The van der Waals surface area contributed by atoms with Crippen LogP contribution >= 0.6 is 0 Å². The zero-order valence-electron chi connectivity index (χ0n) is 12.0. The molecule has 5 heteroatoms. The van der Waals surface area contributed by atoms with Crippen molar-refractivity contribution < 1.29 is 19.4 Å². The molecular formula is C15H23NO4. The van der Waals surface area contributed by atoms with Crippen molar-refractivity contribution in [3.05, 3.63) is 12.2 Å². The SMILES string of the molecule is CC(C)OCCCNC(=O)[C@H]1C2C=CC(C2)[C@H]1C(=O)O. The molecule has 2 N–H and O–H groups in total. The van der Waals surface area contributed by atoms with Gasteiger partial charge in [0, 0.05) is 13.2 Å². The van der Waals surface area contributed by atoms with E-state index in [1.54, 1.807) is 0 Å². The van der Waals surface area contributed by atoms with Gasteiger partial charge in [0.2, 0.25) is 5.91 Å². The van der Waals surface area contributed by atoms with Crippen LogP contribution in [0.2, 0.25) is 0 Å². The smallest absolute Gasteiger partial charge is 0.307 e. The number of amides is 1. The predicted molar refractivity (Wildman–Crippen MR) is 74.1 cm³/mol. The molecule has 20 heavy (non-hydrogen) atoms. The molecule has 2 aliphatic rings. The van der Waals surface area contributed by atoms with Gasteiger partial charge in [-0.2, -0.15) is 0 Å². The Morgan fingerprint density at radius 3 is 2.55 bits per heavy atom. The van der Waals surface area contributed by atoms with Crippen LogP contribution in [0.3, 0.4) is 0 Å². The van der Waals surface area contributed by atoms with Gasteiger partial charge in [0.25, 0.3) is 0 Å². The molecule has 5 nitrogen and oxygen atoms in total. The van der Waals surface area contributed by atoms with E-state index in [0.717, 1.165) is 12.8 Å². The maximum Gasteiger partial charge on any atom is 0.307 e. The Balaban J connectivity index is 1.80. The second-order valence-corrected chi connectivity index (χ2v) is 5.90. The molecule has 0 aliphatic heterocycles. The van der Waals surface area contributed by atoms with Crippen LogP contribution in [0.5, 0.6) is 0 Å². The number of allylic oxidation sites excluding steroid dienone is 2. The number of carboxylic acid groups (broad SMARTS) is 1. The lowest BCUT2D eigenvalue weighted by Crippen LogP contribution is -2.40. The van der Waals surface area contributed by atoms with E-state index in [1.165, 1.54) is 0 Å². The first-order valence-electron chi connectivity index (χ1n) is 7.31. The molecule has 2 unspecified atom stereocenters. The summed E-state index contributed by atoms with van der Waals surface area (Å²) in [6, 6.07) is 0. The lowest BCUT2D eigenvalue weighted by Gasteiger charge is -2.23. The van der Waals surface area contributed by atoms with Crippen molar-refractivity contribution in [3.63, 3.8) is 0 Å². The number of ether oxygens (including phenoxy) is 1. The van der Waals surface area contributed by atoms with Gasteiger partial charge in [-0.25, -0.2) is 0 Å². The predicted octanol–water partition coefficient (Wildman–Crippen LogP) is 1.44. The molecule has 1 fully saturated rings. The molecule has 0 aromatic carbocycles. The fraction of sp³-hybridized carbons (Fsp3) is 0.733. The summed E-state index contributed by atoms with van der Waals surface area (Å²) >= 11 is 0. The van der Waals surface area contributed by atoms with E-state index in [0.29, 0.717) is 13.2 Å². The van der Waals surface area contributed by atoms with Crippen molar-refractivity contribution in [3.8, 4) is 0 Å². The molecule has 112 valence electrons. The summed E-state index contributed by atoms with van der Waals surface area (Å²) in [5.74, 6) is -1.83. The highest BCUT2D eigenvalue weighted by molar-refractivity contribution is 5.86. The average molecular weight is 281 g/mol. The van der Waals surface area contributed by atoms with Gasteiger partial charge in [-0.15, -0.1) is 0 Å². The monoisotopic (exact) mass is 281 g/mol. The van der Waals surface area contributed by atoms with Crippen LogP contribution in [0.15, 0.2) is 12.2 Å². The molecule has 0 heterocycles. The topological polar surface area (TPSA) is 75.6 Å². The van der Waals surface area contributed by atoms with Crippen molar-refractivity contribution in [1.82, 2.24) is 5.32 Å². The summed E-state index contributed by atoms with van der Waals surface area (Å²) < 4.78 is 5.40. The number of hydrogen-bond donors (Lipinski definition) is 2. The molecule has 1 amide bonds. The van der Waals surface area contributed by atoms with Gasteiger partial charge >= 0.3 is 5.97 Å². The quantitative estimate of drug-likeness (QED) is 0.547. The van der Waals surface area contributed by atoms with Crippen molar-refractivity contribution in [1.29, 1.82) is 0 Å². The van der Waals surface area contributed by atoms with Gasteiger partial charge in [0.05, 0.1) is 17.9 Å². The number of carbonyl (C=O) groups is 2. The van der Waals surface area contributed by atoms with Gasteiger partial charge in [-0.1, -0.05) is 12.2 Å². The van der Waals surface area contributed by atoms with E-state index in [-0.39, 0.29) is 23.8 Å². The standard InChI is InChI=1S/C15H23NO4/c1-9(2)20-7-3-6-16-14(17)12-10-4-5-11(8-10)13(12)15(18)19/h4-5,9-13H,3,6-8H2,1-2H3,(H,16,17)(H,18,19)/t10?,11?,12-,13+/m0/s1. The summed E-state index contributed by atoms with van der Waals surface area (Å²) in [5, 5.41) is 12.1. The van der Waals surface area contributed by atoms with Crippen molar-refractivity contribution in [2.45, 2.75) is 32.8 Å². The molecule has 0 spiro atoms. The molecule has 2 rings (SSSR count). The number of fused-ring (bicyclic) bond motifs is 2. The first-order valence-corrected chi connectivity index (χ1v) is 7.31. The van der Waals surface area contributed by atoms with Crippen LogP contribution in [0.4, 0.5) is 0 Å². The van der Waals surface area contributed by atoms with E-state index in [1.807, 2.05) is 26.0 Å². The Morgan fingerprint density at radius 1 is 1.30 bits per heavy atom. The fourth-order valence-corrected chi connectivity index (χ4v) is 3.24. The highest BCUT2D eigenvalue weighted by atomic mass is 16.5. The zero-order valence-corrected chi connectivity index (χ0v) is 12.0. The third-order valence-electron chi connectivity index (χ3n) is 4.12. The average Bonchev–Trinajstić information content (AvgIpc) is 2.97. The first-order chi connectivity index (χ1) is 9.50. The lowest BCUT2D eigenvalue weighted by atomic mass is 9.82. The number of aliphatic carboxylic acids is 1. The van der Waals surface area contributed by atoms with Crippen LogP contribution < -0.4 is 5.32 Å². The minimum atomic E-state index is -0.856. The second-order valence-electron chi connectivity index (χ2n) is 5.90. The van der Waals surface area contributed by atoms with E-state index in [4.69, 9.17) is 4.74 Å². The maximum atomic E-state index is 12.2. The Labute approximate surface area is 119 Å². The molecule has 0 aromatic heterocycles. The van der Waals surface area contributed by atoms with Gasteiger partial charge < -0.3 is 15.2 Å². The molecule has 4 atom stereocenters. The highest BCUT2D eigenvalue weighted by Gasteiger charge is 2.51. The Kier molecular flexibility index (Phi) is 4.81. The minimum Gasteiger partial charge on any atom is -0.481 e. The summed E-state index contributed by atoms with van der Waals surface area (Å²) in [7, 11) is 0. The number of nitrogens with one attached hydrogen (secondary N) is 1. The first kappa shape index (κ1) is 15.0. The van der Waals surface area contributed by atoms with Crippen molar-refractivity contribution >= 4 is 11.9 Å². The largest absolute Gasteiger partial charge is 0.481 e. The Hall–Kier alpha value is -1.36. The van der Waals surface area contributed by atoms with Gasteiger partial charge in [0.15, 0.2) is 0 Å². The lowest BCUT2D eigenvalue weighted by molar-refractivity contribution is -0.147. The highest BCUT2D eigenvalue weighted by Crippen LogP contribution is 2.48.